The number of ether oxygens (including phenoxy) is 3. The molecule has 0 aliphatic carbocycles. The van der Waals surface area contributed by atoms with Crippen LogP contribution in [-0.4, -0.2) is 95.5 Å². The number of allylic oxidation sites excluding steroid dienone is 3. The summed E-state index contributed by atoms with van der Waals surface area (Å²) in [6.45, 7) is 11.0. The normalized spacial score (nSPS) is 42.1. The largest absolute Gasteiger partial charge is 0.462 e. The highest BCUT2D eigenvalue weighted by atomic mass is 16.7. The lowest BCUT2D eigenvalue weighted by atomic mass is 9.82. The molecule has 1 fully saturated rings. The van der Waals surface area contributed by atoms with Gasteiger partial charge >= 0.3 is 5.97 Å². The Balaban J connectivity index is 2.40. The quantitative estimate of drug-likeness (QED) is 0.441. The van der Waals surface area contributed by atoms with Crippen LogP contribution in [0.3, 0.4) is 0 Å². The minimum absolute atomic E-state index is 0.0390. The van der Waals surface area contributed by atoms with E-state index in [2.05, 4.69) is 0 Å². The molecule has 0 amide bonds. The summed E-state index contributed by atoms with van der Waals surface area (Å²) >= 11 is 0. The zero-order chi connectivity index (χ0) is 29.4. The SMILES string of the molecule is CC[C@H]1OC(=O)C[C@@H](O)[C@H](C)[C@@H](O[C@H]2O[C@H](C)C[C@H](N(C)C)[C@@H]2O)[C@H](C)C[C@@H](C)C(=O)/C=C\C(C)=C/[C@H]1CO. The van der Waals surface area contributed by atoms with Gasteiger partial charge < -0.3 is 34.4 Å². The lowest BCUT2D eigenvalue weighted by molar-refractivity contribution is -0.282. The molecule has 0 spiro atoms. The zero-order valence-corrected chi connectivity index (χ0v) is 24.9. The second-order valence-electron chi connectivity index (χ2n) is 11.8. The number of carbonyl (C=O) groups is 2. The van der Waals surface area contributed by atoms with Gasteiger partial charge in [0.25, 0.3) is 0 Å². The van der Waals surface area contributed by atoms with Crippen LogP contribution in [0.2, 0.25) is 0 Å². The summed E-state index contributed by atoms with van der Waals surface area (Å²) in [4.78, 5) is 27.8. The number of hydrogen-bond acceptors (Lipinski definition) is 9. The van der Waals surface area contributed by atoms with Gasteiger partial charge in [-0.15, -0.1) is 0 Å². The Labute approximate surface area is 234 Å². The number of carbonyl (C=O) groups excluding carboxylic acids is 2. The first-order valence-corrected chi connectivity index (χ1v) is 14.3. The molecule has 0 bridgehead atoms. The Kier molecular flexibility index (Phi) is 13.3. The van der Waals surface area contributed by atoms with E-state index < -0.39 is 48.5 Å². The third kappa shape index (κ3) is 9.47. The maximum atomic E-state index is 13.0. The van der Waals surface area contributed by atoms with Crippen molar-refractivity contribution in [1.82, 2.24) is 4.90 Å². The van der Waals surface area contributed by atoms with Gasteiger partial charge in [0.2, 0.25) is 0 Å². The first-order valence-electron chi connectivity index (χ1n) is 14.3. The molecule has 0 aromatic rings. The maximum Gasteiger partial charge on any atom is 0.308 e. The van der Waals surface area contributed by atoms with Crippen LogP contribution in [0.1, 0.15) is 67.2 Å². The van der Waals surface area contributed by atoms with Gasteiger partial charge in [-0.2, -0.15) is 0 Å². The number of ketones is 1. The number of cyclic esters (lactones) is 1. The summed E-state index contributed by atoms with van der Waals surface area (Å²) < 4.78 is 18.1. The third-order valence-electron chi connectivity index (χ3n) is 8.20. The molecule has 9 nitrogen and oxygen atoms in total. The molecule has 2 rings (SSSR count). The number of nitrogens with zero attached hydrogens (tertiary/aromatic N) is 1. The summed E-state index contributed by atoms with van der Waals surface area (Å²) in [7, 11) is 3.80. The van der Waals surface area contributed by atoms with E-state index >= 15 is 0 Å². The Bertz CT molecular complexity index is 858. The molecule has 2 aliphatic heterocycles. The van der Waals surface area contributed by atoms with Crippen molar-refractivity contribution in [1.29, 1.82) is 0 Å². The van der Waals surface area contributed by atoms with E-state index in [0.29, 0.717) is 19.3 Å². The van der Waals surface area contributed by atoms with Crippen LogP contribution in [-0.2, 0) is 23.8 Å². The Morgan fingerprint density at radius 2 is 1.74 bits per heavy atom. The smallest absolute Gasteiger partial charge is 0.308 e. The number of aliphatic hydroxyl groups is 3. The molecule has 9 heteroatoms. The van der Waals surface area contributed by atoms with Crippen molar-refractivity contribution in [2.75, 3.05) is 20.7 Å². The van der Waals surface area contributed by atoms with E-state index in [0.717, 1.165) is 5.57 Å². The van der Waals surface area contributed by atoms with Crippen molar-refractivity contribution >= 4 is 11.8 Å². The average molecular weight is 554 g/mol. The second-order valence-corrected chi connectivity index (χ2v) is 11.8. The van der Waals surface area contributed by atoms with E-state index in [1.54, 1.807) is 19.1 Å². The number of rotatable bonds is 5. The van der Waals surface area contributed by atoms with Crippen LogP contribution >= 0.6 is 0 Å². The molecule has 2 heterocycles. The van der Waals surface area contributed by atoms with E-state index in [4.69, 9.17) is 14.2 Å². The second kappa shape index (κ2) is 15.4. The summed E-state index contributed by atoms with van der Waals surface area (Å²) in [6, 6.07) is -0.164. The molecule has 0 radical (unpaired) electrons. The summed E-state index contributed by atoms with van der Waals surface area (Å²) in [5.41, 5.74) is 0.784. The molecule has 3 N–H and O–H groups in total. The molecule has 39 heavy (non-hydrogen) atoms. The molecule has 0 saturated carbocycles. The van der Waals surface area contributed by atoms with Gasteiger partial charge in [0.1, 0.15) is 12.2 Å². The predicted octanol–water partition coefficient (Wildman–Crippen LogP) is 2.86. The van der Waals surface area contributed by atoms with Crippen LogP contribution in [0.25, 0.3) is 0 Å². The predicted molar refractivity (Wildman–Crippen MR) is 149 cm³/mol. The fourth-order valence-electron chi connectivity index (χ4n) is 5.71. The van der Waals surface area contributed by atoms with Gasteiger partial charge in [0, 0.05) is 23.8 Å². The van der Waals surface area contributed by atoms with E-state index in [9.17, 15) is 24.9 Å². The lowest BCUT2D eigenvalue weighted by Gasteiger charge is -2.44. The van der Waals surface area contributed by atoms with Crippen molar-refractivity contribution in [3.8, 4) is 0 Å². The minimum Gasteiger partial charge on any atom is -0.462 e. The molecule has 0 aromatic heterocycles. The fourth-order valence-corrected chi connectivity index (χ4v) is 5.71. The molecule has 1 saturated heterocycles. The van der Waals surface area contributed by atoms with Crippen LogP contribution in [0.4, 0.5) is 0 Å². The lowest BCUT2D eigenvalue weighted by Crippen LogP contribution is -2.56. The standard InChI is InChI=1S/C30H51NO8/c1-9-26-22(16-32)12-17(2)10-11-24(33)18(3)13-19(4)29(21(6)25(34)15-27(35)38-26)39-30-28(36)23(31(7)8)14-20(5)37-30/h10-12,18-23,25-26,28-30,32,34,36H,9,13-16H2,1-8H3/b11-10-,17-12-/t18-,19-,20-,21+,22+,23+,25-,26-,28+,29+,30-/m1/s1. The van der Waals surface area contributed by atoms with Crippen molar-refractivity contribution in [3.63, 3.8) is 0 Å². The monoisotopic (exact) mass is 553 g/mol. The minimum atomic E-state index is -1.09. The van der Waals surface area contributed by atoms with Gasteiger partial charge in [-0.25, -0.2) is 0 Å². The average Bonchev–Trinajstić information content (AvgIpc) is 2.87. The first-order chi connectivity index (χ1) is 18.3. The van der Waals surface area contributed by atoms with Crippen molar-refractivity contribution < 1.29 is 39.1 Å². The molecule has 2 aliphatic rings. The Hall–Kier alpha value is -1.62. The van der Waals surface area contributed by atoms with Crippen molar-refractivity contribution in [2.24, 2.45) is 23.7 Å². The Morgan fingerprint density at radius 1 is 1.08 bits per heavy atom. The highest BCUT2D eigenvalue weighted by Gasteiger charge is 2.42. The Morgan fingerprint density at radius 3 is 2.33 bits per heavy atom. The van der Waals surface area contributed by atoms with Crippen LogP contribution < -0.4 is 0 Å². The summed E-state index contributed by atoms with van der Waals surface area (Å²) in [5.74, 6) is -2.08. The first kappa shape index (κ1) is 33.6. The van der Waals surface area contributed by atoms with Crippen LogP contribution in [0.15, 0.2) is 23.8 Å². The summed E-state index contributed by atoms with van der Waals surface area (Å²) in [5, 5.41) is 32.2. The van der Waals surface area contributed by atoms with Gasteiger partial charge in [-0.3, -0.25) is 9.59 Å². The number of hydrogen-bond donors (Lipinski definition) is 3. The third-order valence-corrected chi connectivity index (χ3v) is 8.20. The number of likely N-dealkylation sites (N-methyl/N-ethyl adjacent to an activating group) is 1. The zero-order valence-electron chi connectivity index (χ0n) is 24.9. The van der Waals surface area contributed by atoms with Gasteiger partial charge in [0.05, 0.1) is 31.3 Å². The van der Waals surface area contributed by atoms with E-state index in [-0.39, 0.29) is 42.8 Å². The highest BCUT2D eigenvalue weighted by molar-refractivity contribution is 5.91. The van der Waals surface area contributed by atoms with E-state index in [1.807, 2.05) is 59.7 Å². The molecule has 224 valence electrons. The number of aliphatic hydroxyl groups excluding tert-OH is 3. The van der Waals surface area contributed by atoms with Gasteiger partial charge in [-0.05, 0) is 59.2 Å². The molecule has 11 atom stereocenters. The van der Waals surface area contributed by atoms with Crippen molar-refractivity contribution in [3.05, 3.63) is 23.8 Å². The highest BCUT2D eigenvalue weighted by Crippen LogP contribution is 2.32. The van der Waals surface area contributed by atoms with Crippen LogP contribution in [0.5, 0.6) is 0 Å². The molecular weight excluding hydrogens is 502 g/mol. The fraction of sp³-hybridized carbons (Fsp3) is 0.800. The maximum absolute atomic E-state index is 13.0. The molecule has 0 unspecified atom stereocenters. The van der Waals surface area contributed by atoms with Gasteiger partial charge in [-0.1, -0.05) is 45.4 Å². The van der Waals surface area contributed by atoms with E-state index in [1.165, 1.54) is 0 Å². The van der Waals surface area contributed by atoms with Gasteiger partial charge in [0.15, 0.2) is 12.1 Å². The topological polar surface area (TPSA) is 126 Å². The summed E-state index contributed by atoms with van der Waals surface area (Å²) in [6.07, 6.45) is 2.20. The van der Waals surface area contributed by atoms with Crippen LogP contribution in [0, 0.1) is 23.7 Å². The molecular formula is C30H51NO8. The van der Waals surface area contributed by atoms with Crippen molar-refractivity contribution in [2.45, 2.75) is 110 Å². The molecule has 0 aromatic carbocycles. The number of esters is 1.